The summed E-state index contributed by atoms with van der Waals surface area (Å²) >= 11 is 3.58. The van der Waals surface area contributed by atoms with Crippen LogP contribution in [0.15, 0.2) is 46.9 Å². The fraction of sp³-hybridized carbons (Fsp3) is 0.250. The number of ether oxygens (including phenoxy) is 2. The van der Waals surface area contributed by atoms with Crippen LogP contribution in [0.1, 0.15) is 24.1 Å². The highest BCUT2D eigenvalue weighted by Gasteiger charge is 2.16. The average molecular weight is 334 g/mol. The van der Waals surface area contributed by atoms with Gasteiger partial charge in [0, 0.05) is 17.1 Å². The largest absolute Gasteiger partial charge is 0.454 e. The minimum Gasteiger partial charge on any atom is -0.454 e. The first-order valence-corrected chi connectivity index (χ1v) is 7.39. The fourth-order valence-electron chi connectivity index (χ4n) is 2.22. The van der Waals surface area contributed by atoms with Crippen molar-refractivity contribution in [2.45, 2.75) is 19.5 Å². The number of nitrogens with one attached hydrogen (secondary N) is 1. The summed E-state index contributed by atoms with van der Waals surface area (Å²) < 4.78 is 11.8. The molecule has 104 valence electrons. The zero-order chi connectivity index (χ0) is 13.9. The molecule has 0 aliphatic carbocycles. The predicted molar refractivity (Wildman–Crippen MR) is 82.0 cm³/mol. The van der Waals surface area contributed by atoms with Crippen LogP contribution in [-0.2, 0) is 6.54 Å². The predicted octanol–water partition coefficient (Wildman–Crippen LogP) is 4.03. The molecule has 2 aromatic rings. The number of halogens is 1. The molecule has 0 spiro atoms. The van der Waals surface area contributed by atoms with Gasteiger partial charge in [-0.25, -0.2) is 0 Å². The van der Waals surface area contributed by atoms with E-state index in [9.17, 15) is 0 Å². The van der Waals surface area contributed by atoms with E-state index >= 15 is 0 Å². The third-order valence-electron chi connectivity index (χ3n) is 3.44. The molecule has 0 bridgehead atoms. The molecule has 0 saturated carbocycles. The lowest BCUT2D eigenvalue weighted by Crippen LogP contribution is -2.18. The normalized spacial score (nSPS) is 14.3. The standard InChI is InChI=1S/C16H16BrNO2/c1-11(12-5-3-2-4-6-12)18-9-13-7-15-16(8-14(13)17)20-10-19-15/h2-8,11,18H,9-10H2,1H3. The molecule has 2 aromatic carbocycles. The van der Waals surface area contributed by atoms with Crippen molar-refractivity contribution in [2.24, 2.45) is 0 Å². The van der Waals surface area contributed by atoms with Gasteiger partial charge < -0.3 is 14.8 Å². The Hall–Kier alpha value is -1.52. The fourth-order valence-corrected chi connectivity index (χ4v) is 2.68. The van der Waals surface area contributed by atoms with Crippen molar-refractivity contribution < 1.29 is 9.47 Å². The highest BCUT2D eigenvalue weighted by atomic mass is 79.9. The number of rotatable bonds is 4. The highest BCUT2D eigenvalue weighted by Crippen LogP contribution is 2.37. The van der Waals surface area contributed by atoms with Crippen LogP contribution in [-0.4, -0.2) is 6.79 Å². The van der Waals surface area contributed by atoms with Crippen molar-refractivity contribution in [3.63, 3.8) is 0 Å². The van der Waals surface area contributed by atoms with E-state index in [1.165, 1.54) is 5.56 Å². The second kappa shape index (κ2) is 5.85. The Morgan fingerprint density at radius 3 is 2.60 bits per heavy atom. The molecule has 1 heterocycles. The van der Waals surface area contributed by atoms with Crippen molar-refractivity contribution in [1.82, 2.24) is 5.32 Å². The summed E-state index contributed by atoms with van der Waals surface area (Å²) in [4.78, 5) is 0. The first-order chi connectivity index (χ1) is 9.74. The molecule has 20 heavy (non-hydrogen) atoms. The van der Waals surface area contributed by atoms with Gasteiger partial charge >= 0.3 is 0 Å². The number of fused-ring (bicyclic) bond motifs is 1. The van der Waals surface area contributed by atoms with Gasteiger partial charge in [-0.15, -0.1) is 0 Å². The summed E-state index contributed by atoms with van der Waals surface area (Å²) in [5.41, 5.74) is 2.45. The Labute approximate surface area is 127 Å². The van der Waals surface area contributed by atoms with E-state index in [2.05, 4.69) is 52.4 Å². The molecule has 1 atom stereocenters. The Balaban J connectivity index is 1.70. The summed E-state index contributed by atoms with van der Waals surface area (Å²) in [6.45, 7) is 3.24. The molecule has 1 unspecified atom stereocenters. The third kappa shape index (κ3) is 2.81. The van der Waals surface area contributed by atoms with Crippen LogP contribution in [0.5, 0.6) is 11.5 Å². The molecule has 1 aliphatic rings. The lowest BCUT2D eigenvalue weighted by Gasteiger charge is -2.15. The van der Waals surface area contributed by atoms with E-state index in [1.807, 2.05) is 18.2 Å². The zero-order valence-electron chi connectivity index (χ0n) is 11.2. The van der Waals surface area contributed by atoms with Crippen molar-refractivity contribution in [3.05, 3.63) is 58.1 Å². The Kier molecular flexibility index (Phi) is 3.94. The highest BCUT2D eigenvalue weighted by molar-refractivity contribution is 9.10. The van der Waals surface area contributed by atoms with E-state index in [1.54, 1.807) is 0 Å². The van der Waals surface area contributed by atoms with Crippen molar-refractivity contribution in [1.29, 1.82) is 0 Å². The second-order valence-corrected chi connectivity index (χ2v) is 5.66. The van der Waals surface area contributed by atoms with E-state index in [4.69, 9.17) is 9.47 Å². The van der Waals surface area contributed by atoms with Gasteiger partial charge in [0.05, 0.1) is 0 Å². The Morgan fingerprint density at radius 1 is 1.15 bits per heavy atom. The van der Waals surface area contributed by atoms with Crippen LogP contribution in [0.4, 0.5) is 0 Å². The first-order valence-electron chi connectivity index (χ1n) is 6.60. The molecule has 0 saturated heterocycles. The van der Waals surface area contributed by atoms with E-state index < -0.39 is 0 Å². The molecule has 1 N–H and O–H groups in total. The van der Waals surface area contributed by atoms with E-state index in [-0.39, 0.29) is 0 Å². The summed E-state index contributed by atoms with van der Waals surface area (Å²) in [7, 11) is 0. The van der Waals surface area contributed by atoms with E-state index in [0.29, 0.717) is 12.8 Å². The number of hydrogen-bond donors (Lipinski definition) is 1. The third-order valence-corrected chi connectivity index (χ3v) is 4.18. The van der Waals surface area contributed by atoms with Crippen LogP contribution in [0.25, 0.3) is 0 Å². The summed E-state index contributed by atoms with van der Waals surface area (Å²) in [5, 5.41) is 3.52. The van der Waals surface area contributed by atoms with Crippen LogP contribution < -0.4 is 14.8 Å². The molecular weight excluding hydrogens is 318 g/mol. The maximum Gasteiger partial charge on any atom is 0.231 e. The molecule has 3 rings (SSSR count). The lowest BCUT2D eigenvalue weighted by atomic mass is 10.1. The van der Waals surface area contributed by atoms with Gasteiger partial charge in [-0.3, -0.25) is 0 Å². The van der Waals surface area contributed by atoms with Crippen LogP contribution in [0.2, 0.25) is 0 Å². The minimum absolute atomic E-state index is 0.300. The molecule has 0 amide bonds. The van der Waals surface area contributed by atoms with Crippen molar-refractivity contribution in [2.75, 3.05) is 6.79 Å². The maximum absolute atomic E-state index is 5.41. The molecule has 1 aliphatic heterocycles. The Bertz CT molecular complexity index is 601. The van der Waals surface area contributed by atoms with Gasteiger partial charge in [0.2, 0.25) is 6.79 Å². The topological polar surface area (TPSA) is 30.5 Å². The summed E-state index contributed by atoms with van der Waals surface area (Å²) in [5.74, 6) is 1.62. The first kappa shape index (κ1) is 13.5. The van der Waals surface area contributed by atoms with Gasteiger partial charge in [-0.05, 0) is 30.2 Å². The van der Waals surface area contributed by atoms with Gasteiger partial charge in [0.25, 0.3) is 0 Å². The smallest absolute Gasteiger partial charge is 0.231 e. The summed E-state index contributed by atoms with van der Waals surface area (Å²) in [6.07, 6.45) is 0. The number of benzene rings is 2. The quantitative estimate of drug-likeness (QED) is 0.916. The van der Waals surface area contributed by atoms with Crippen molar-refractivity contribution in [3.8, 4) is 11.5 Å². The zero-order valence-corrected chi connectivity index (χ0v) is 12.8. The molecular formula is C16H16BrNO2. The summed E-state index contributed by atoms with van der Waals surface area (Å²) in [6, 6.07) is 14.7. The average Bonchev–Trinajstić information content (AvgIpc) is 2.92. The van der Waals surface area contributed by atoms with Gasteiger partial charge in [-0.2, -0.15) is 0 Å². The van der Waals surface area contributed by atoms with Gasteiger partial charge in [-0.1, -0.05) is 46.3 Å². The molecule has 0 radical (unpaired) electrons. The van der Waals surface area contributed by atoms with Crippen LogP contribution in [0, 0.1) is 0 Å². The second-order valence-electron chi connectivity index (χ2n) is 4.81. The van der Waals surface area contributed by atoms with Crippen molar-refractivity contribution >= 4 is 15.9 Å². The lowest BCUT2D eigenvalue weighted by molar-refractivity contribution is 0.174. The van der Waals surface area contributed by atoms with Crippen LogP contribution >= 0.6 is 15.9 Å². The molecule has 4 heteroatoms. The van der Waals surface area contributed by atoms with Gasteiger partial charge in [0.1, 0.15) is 0 Å². The molecule has 0 fully saturated rings. The molecule has 0 aromatic heterocycles. The Morgan fingerprint density at radius 2 is 1.85 bits per heavy atom. The monoisotopic (exact) mass is 333 g/mol. The van der Waals surface area contributed by atoms with Crippen LogP contribution in [0.3, 0.4) is 0 Å². The maximum atomic E-state index is 5.41. The van der Waals surface area contributed by atoms with E-state index in [0.717, 1.165) is 28.1 Å². The minimum atomic E-state index is 0.300. The van der Waals surface area contributed by atoms with Gasteiger partial charge in [0.15, 0.2) is 11.5 Å². The molecule has 3 nitrogen and oxygen atoms in total. The SMILES string of the molecule is CC(NCc1cc2c(cc1Br)OCO2)c1ccccc1. The number of hydrogen-bond acceptors (Lipinski definition) is 3.